The lowest BCUT2D eigenvalue weighted by molar-refractivity contribution is -0.137. The summed E-state index contributed by atoms with van der Waals surface area (Å²) in [6.45, 7) is 4.90. The average Bonchev–Trinajstić information content (AvgIpc) is 2.97. The van der Waals surface area contributed by atoms with Crippen molar-refractivity contribution in [1.82, 2.24) is 0 Å². The van der Waals surface area contributed by atoms with Crippen molar-refractivity contribution in [3.8, 4) is 0 Å². The van der Waals surface area contributed by atoms with E-state index in [4.69, 9.17) is 10.2 Å². The molecule has 0 spiro atoms. The SMILES string of the molecule is CCCCCCCCCCCC(=O)O.CCCCCCCCCCCCCCCCCCCCCCCCCCO. The summed E-state index contributed by atoms with van der Waals surface area (Å²) >= 11 is 0. The third-order valence-electron chi connectivity index (χ3n) is 8.51. The van der Waals surface area contributed by atoms with Crippen molar-refractivity contribution in [1.29, 1.82) is 0 Å². The minimum Gasteiger partial charge on any atom is -0.481 e. The Morgan fingerprint density at radius 1 is 0.341 bits per heavy atom. The molecule has 0 unspecified atom stereocenters. The number of unbranched alkanes of at least 4 members (excludes halogenated alkanes) is 31. The van der Waals surface area contributed by atoms with Gasteiger partial charge < -0.3 is 10.2 Å². The zero-order chi connectivity index (χ0) is 30.3. The Hall–Kier alpha value is -0.570. The van der Waals surface area contributed by atoms with Crippen LogP contribution in [-0.2, 0) is 4.79 Å². The Balaban J connectivity index is 0. The van der Waals surface area contributed by atoms with Crippen LogP contribution < -0.4 is 0 Å². The minimum absolute atomic E-state index is 0.343. The molecular weight excluding hydrogens is 504 g/mol. The highest BCUT2D eigenvalue weighted by molar-refractivity contribution is 5.66. The van der Waals surface area contributed by atoms with Gasteiger partial charge in [0.25, 0.3) is 0 Å². The molecule has 0 radical (unpaired) electrons. The second-order valence-electron chi connectivity index (χ2n) is 12.8. The Morgan fingerprint density at radius 3 is 0.732 bits per heavy atom. The minimum atomic E-state index is -0.659. The summed E-state index contributed by atoms with van der Waals surface area (Å²) in [6.07, 6.45) is 45.6. The highest BCUT2D eigenvalue weighted by Crippen LogP contribution is 2.15. The number of aliphatic hydroxyl groups excluding tert-OH is 1. The highest BCUT2D eigenvalue weighted by Gasteiger charge is 1.97. The van der Waals surface area contributed by atoms with Gasteiger partial charge in [-0.25, -0.2) is 0 Å². The summed E-state index contributed by atoms with van der Waals surface area (Å²) < 4.78 is 0. The highest BCUT2D eigenvalue weighted by atomic mass is 16.4. The molecule has 0 aliphatic heterocycles. The number of aliphatic hydroxyl groups is 1. The van der Waals surface area contributed by atoms with Gasteiger partial charge in [0.15, 0.2) is 0 Å². The Bertz CT molecular complexity index is 427. The lowest BCUT2D eigenvalue weighted by Gasteiger charge is -2.04. The van der Waals surface area contributed by atoms with Crippen LogP contribution in [0.25, 0.3) is 0 Å². The first-order valence-electron chi connectivity index (χ1n) is 19.0. The number of hydrogen-bond acceptors (Lipinski definition) is 2. The number of carbonyl (C=O) groups is 1. The number of carboxylic acid groups (broad SMARTS) is 1. The van der Waals surface area contributed by atoms with Crippen molar-refractivity contribution in [3.05, 3.63) is 0 Å². The van der Waals surface area contributed by atoms with E-state index < -0.39 is 5.97 Å². The van der Waals surface area contributed by atoms with Crippen molar-refractivity contribution < 1.29 is 15.0 Å². The third kappa shape index (κ3) is 46.6. The van der Waals surface area contributed by atoms with Gasteiger partial charge in [-0.2, -0.15) is 0 Å². The van der Waals surface area contributed by atoms with E-state index in [1.165, 1.54) is 193 Å². The monoisotopic (exact) mass is 583 g/mol. The van der Waals surface area contributed by atoms with Crippen LogP contribution in [0.4, 0.5) is 0 Å². The zero-order valence-electron chi connectivity index (χ0n) is 28.6. The second-order valence-corrected chi connectivity index (χ2v) is 12.8. The number of rotatable bonds is 34. The molecule has 0 aromatic rings. The maximum atomic E-state index is 10.2. The molecule has 0 aliphatic rings. The van der Waals surface area contributed by atoms with Gasteiger partial charge in [0.2, 0.25) is 0 Å². The quantitative estimate of drug-likeness (QED) is 0.0742. The molecule has 0 aromatic heterocycles. The fourth-order valence-electron chi connectivity index (χ4n) is 5.66. The summed E-state index contributed by atoms with van der Waals surface area (Å²) in [4.78, 5) is 10.2. The van der Waals surface area contributed by atoms with Crippen LogP contribution in [0.1, 0.15) is 232 Å². The van der Waals surface area contributed by atoms with Gasteiger partial charge in [0.05, 0.1) is 0 Å². The van der Waals surface area contributed by atoms with Crippen LogP contribution in [0.5, 0.6) is 0 Å². The fourth-order valence-corrected chi connectivity index (χ4v) is 5.66. The van der Waals surface area contributed by atoms with E-state index in [0.29, 0.717) is 13.0 Å². The maximum absolute atomic E-state index is 10.2. The van der Waals surface area contributed by atoms with Crippen molar-refractivity contribution in [2.45, 2.75) is 232 Å². The van der Waals surface area contributed by atoms with Gasteiger partial charge in [0.1, 0.15) is 0 Å². The number of aliphatic carboxylic acids is 1. The molecule has 0 saturated carbocycles. The van der Waals surface area contributed by atoms with Crippen molar-refractivity contribution in [2.75, 3.05) is 6.61 Å². The Labute approximate surface area is 259 Å². The average molecular weight is 583 g/mol. The lowest BCUT2D eigenvalue weighted by atomic mass is 10.0. The topological polar surface area (TPSA) is 57.5 Å². The molecule has 3 heteroatoms. The number of carboxylic acids is 1. The summed E-state index contributed by atoms with van der Waals surface area (Å²) in [6, 6.07) is 0. The van der Waals surface area contributed by atoms with E-state index in [0.717, 1.165) is 19.3 Å². The Morgan fingerprint density at radius 2 is 0.537 bits per heavy atom. The molecule has 0 bridgehead atoms. The van der Waals surface area contributed by atoms with Crippen molar-refractivity contribution >= 4 is 5.97 Å². The second kappa shape index (κ2) is 41.6. The van der Waals surface area contributed by atoms with Crippen LogP contribution in [-0.4, -0.2) is 22.8 Å². The predicted molar refractivity (Wildman–Crippen MR) is 183 cm³/mol. The van der Waals surface area contributed by atoms with Crippen LogP contribution in [0, 0.1) is 0 Å². The van der Waals surface area contributed by atoms with Gasteiger partial charge >= 0.3 is 5.97 Å². The van der Waals surface area contributed by atoms with Gasteiger partial charge in [-0.05, 0) is 12.8 Å². The molecule has 0 fully saturated rings. The van der Waals surface area contributed by atoms with Crippen LogP contribution >= 0.6 is 0 Å². The molecule has 0 atom stereocenters. The molecule has 0 rings (SSSR count). The maximum Gasteiger partial charge on any atom is 0.303 e. The predicted octanol–water partition coefficient (Wildman–Crippen LogP) is 13.4. The van der Waals surface area contributed by atoms with E-state index >= 15 is 0 Å². The van der Waals surface area contributed by atoms with E-state index in [1.807, 2.05) is 0 Å². The molecule has 0 aromatic carbocycles. The molecule has 0 aliphatic carbocycles. The summed E-state index contributed by atoms with van der Waals surface area (Å²) in [5.41, 5.74) is 0. The van der Waals surface area contributed by atoms with E-state index in [9.17, 15) is 4.79 Å². The van der Waals surface area contributed by atoms with Gasteiger partial charge in [-0.15, -0.1) is 0 Å². The fraction of sp³-hybridized carbons (Fsp3) is 0.974. The Kier molecular flexibility index (Phi) is 43.1. The molecule has 0 heterocycles. The van der Waals surface area contributed by atoms with Gasteiger partial charge in [0, 0.05) is 13.0 Å². The molecule has 41 heavy (non-hydrogen) atoms. The lowest BCUT2D eigenvalue weighted by Crippen LogP contribution is -1.93. The van der Waals surface area contributed by atoms with Crippen LogP contribution in [0.3, 0.4) is 0 Å². The molecular formula is C38H78O3. The largest absolute Gasteiger partial charge is 0.481 e. The van der Waals surface area contributed by atoms with Gasteiger partial charge in [-0.3, -0.25) is 4.79 Å². The van der Waals surface area contributed by atoms with Gasteiger partial charge in [-0.1, -0.05) is 213 Å². The smallest absolute Gasteiger partial charge is 0.303 e. The van der Waals surface area contributed by atoms with Crippen LogP contribution in [0.15, 0.2) is 0 Å². The molecule has 248 valence electrons. The standard InChI is InChI=1S/C26H54O.C12H24O2/c1-2-3-4-5-6-7-8-9-10-11-12-13-14-15-16-17-18-19-20-21-22-23-24-25-26-27;1-2-3-4-5-6-7-8-9-10-11-12(13)14/h27H,2-26H2,1H3;2-11H2,1H3,(H,13,14). The summed E-state index contributed by atoms with van der Waals surface area (Å²) in [5.74, 6) is -0.659. The van der Waals surface area contributed by atoms with E-state index in [2.05, 4.69) is 13.8 Å². The first-order valence-corrected chi connectivity index (χ1v) is 19.0. The van der Waals surface area contributed by atoms with Crippen LogP contribution in [0.2, 0.25) is 0 Å². The molecule has 3 nitrogen and oxygen atoms in total. The van der Waals surface area contributed by atoms with E-state index in [1.54, 1.807) is 0 Å². The summed E-state index contributed by atoms with van der Waals surface area (Å²) in [5, 5.41) is 17.2. The molecule has 0 saturated heterocycles. The third-order valence-corrected chi connectivity index (χ3v) is 8.51. The van der Waals surface area contributed by atoms with E-state index in [-0.39, 0.29) is 0 Å². The summed E-state index contributed by atoms with van der Waals surface area (Å²) in [7, 11) is 0. The van der Waals surface area contributed by atoms with Crippen molar-refractivity contribution in [3.63, 3.8) is 0 Å². The van der Waals surface area contributed by atoms with Crippen molar-refractivity contribution in [2.24, 2.45) is 0 Å². The first-order chi connectivity index (χ1) is 20.2. The normalized spacial score (nSPS) is 11.0. The molecule has 0 amide bonds. The number of hydrogen-bond donors (Lipinski definition) is 2. The zero-order valence-corrected chi connectivity index (χ0v) is 28.6. The molecule has 2 N–H and O–H groups in total. The first kappa shape index (κ1) is 42.6.